The first kappa shape index (κ1) is 11.5. The van der Waals surface area contributed by atoms with E-state index in [1.807, 2.05) is 6.92 Å². The minimum absolute atomic E-state index is 0.0380. The van der Waals surface area contributed by atoms with Crippen molar-refractivity contribution < 1.29 is 9.53 Å². The predicted molar refractivity (Wildman–Crippen MR) is 55.1 cm³/mol. The summed E-state index contributed by atoms with van der Waals surface area (Å²) in [5, 5.41) is 5.91. The lowest BCUT2D eigenvalue weighted by molar-refractivity contribution is -0.123. The maximum absolute atomic E-state index is 11.6. The molecule has 1 amide bonds. The van der Waals surface area contributed by atoms with Gasteiger partial charge in [0.05, 0.1) is 25.3 Å². The van der Waals surface area contributed by atoms with Gasteiger partial charge in [0.2, 0.25) is 5.91 Å². The first-order chi connectivity index (χ1) is 6.47. The fourth-order valence-electron chi connectivity index (χ4n) is 1.43. The Hall–Kier alpha value is -0.610. The number of rotatable bonds is 3. The molecule has 1 aliphatic heterocycles. The van der Waals surface area contributed by atoms with Crippen molar-refractivity contribution in [3.8, 4) is 0 Å². The summed E-state index contributed by atoms with van der Waals surface area (Å²) < 4.78 is 5.35. The molecule has 2 N–H and O–H groups in total. The molecule has 1 aliphatic rings. The third kappa shape index (κ3) is 2.45. The molecule has 0 spiro atoms. The van der Waals surface area contributed by atoms with Crippen LogP contribution in [0.4, 0.5) is 0 Å². The number of nitrogens with one attached hydrogen (secondary N) is 2. The molecule has 82 valence electrons. The van der Waals surface area contributed by atoms with Gasteiger partial charge in [-0.3, -0.25) is 4.79 Å². The number of likely N-dealkylation sites (N-methyl/N-ethyl adjacent to an activating group) is 1. The van der Waals surface area contributed by atoms with Crippen LogP contribution in [-0.4, -0.2) is 38.3 Å². The molecule has 0 aromatic rings. The minimum Gasteiger partial charge on any atom is -0.379 e. The summed E-state index contributed by atoms with van der Waals surface area (Å²) >= 11 is 0. The second-order valence-electron chi connectivity index (χ2n) is 4.58. The molecule has 2 unspecified atom stereocenters. The van der Waals surface area contributed by atoms with Gasteiger partial charge in [-0.2, -0.15) is 0 Å². The van der Waals surface area contributed by atoms with Crippen LogP contribution < -0.4 is 10.6 Å². The molecule has 1 rings (SSSR count). The molecule has 4 heteroatoms. The molecule has 1 saturated heterocycles. The Balaban J connectivity index is 2.48. The van der Waals surface area contributed by atoms with Crippen molar-refractivity contribution in [2.45, 2.75) is 32.9 Å². The first-order valence-electron chi connectivity index (χ1n) is 5.03. The Bertz CT molecular complexity index is 216. The van der Waals surface area contributed by atoms with Crippen LogP contribution in [0, 0.1) is 5.41 Å². The summed E-state index contributed by atoms with van der Waals surface area (Å²) in [6, 6.07) is -0.0165. The SMILES string of the molecule is CNC(C)C(=O)NC1COCC1(C)C. The van der Waals surface area contributed by atoms with Gasteiger partial charge in [-0.05, 0) is 14.0 Å². The predicted octanol–water partition coefficient (Wildman–Crippen LogP) is 0.135. The summed E-state index contributed by atoms with van der Waals surface area (Å²) in [6.07, 6.45) is 0. The van der Waals surface area contributed by atoms with E-state index < -0.39 is 0 Å². The van der Waals surface area contributed by atoms with Crippen LogP contribution in [0.1, 0.15) is 20.8 Å². The van der Waals surface area contributed by atoms with E-state index in [4.69, 9.17) is 4.74 Å². The number of ether oxygens (including phenoxy) is 1. The first-order valence-corrected chi connectivity index (χ1v) is 5.03. The van der Waals surface area contributed by atoms with Crippen molar-refractivity contribution in [1.82, 2.24) is 10.6 Å². The Morgan fingerprint density at radius 3 is 2.64 bits per heavy atom. The number of carbonyl (C=O) groups is 1. The molecule has 0 saturated carbocycles. The summed E-state index contributed by atoms with van der Waals surface area (Å²) in [5.74, 6) is 0.0380. The van der Waals surface area contributed by atoms with Crippen molar-refractivity contribution in [2.75, 3.05) is 20.3 Å². The zero-order valence-corrected chi connectivity index (χ0v) is 9.39. The van der Waals surface area contributed by atoms with Gasteiger partial charge in [0.25, 0.3) is 0 Å². The average molecular weight is 200 g/mol. The fraction of sp³-hybridized carbons (Fsp3) is 0.900. The van der Waals surface area contributed by atoms with E-state index in [0.717, 1.165) is 0 Å². The van der Waals surface area contributed by atoms with Crippen LogP contribution >= 0.6 is 0 Å². The van der Waals surface area contributed by atoms with Crippen LogP contribution in [0.2, 0.25) is 0 Å². The Morgan fingerprint density at radius 2 is 2.21 bits per heavy atom. The molecular formula is C10H20N2O2. The number of carbonyl (C=O) groups excluding carboxylic acids is 1. The molecule has 0 aromatic heterocycles. The van der Waals surface area contributed by atoms with Crippen molar-refractivity contribution in [3.05, 3.63) is 0 Å². The third-order valence-electron chi connectivity index (χ3n) is 2.84. The maximum Gasteiger partial charge on any atom is 0.237 e. The van der Waals surface area contributed by atoms with Gasteiger partial charge in [-0.25, -0.2) is 0 Å². The van der Waals surface area contributed by atoms with Gasteiger partial charge in [-0.1, -0.05) is 13.8 Å². The number of amides is 1. The van der Waals surface area contributed by atoms with Gasteiger partial charge >= 0.3 is 0 Å². The highest BCUT2D eigenvalue weighted by atomic mass is 16.5. The van der Waals surface area contributed by atoms with Gasteiger partial charge in [0.15, 0.2) is 0 Å². The molecule has 0 aromatic carbocycles. The van der Waals surface area contributed by atoms with E-state index >= 15 is 0 Å². The molecule has 2 atom stereocenters. The van der Waals surface area contributed by atoms with Crippen LogP contribution in [-0.2, 0) is 9.53 Å². The van der Waals surface area contributed by atoms with E-state index in [2.05, 4.69) is 24.5 Å². The van der Waals surface area contributed by atoms with Crippen molar-refractivity contribution >= 4 is 5.91 Å². The lowest BCUT2D eigenvalue weighted by atomic mass is 9.88. The zero-order valence-electron chi connectivity index (χ0n) is 9.39. The molecule has 4 nitrogen and oxygen atoms in total. The smallest absolute Gasteiger partial charge is 0.237 e. The lowest BCUT2D eigenvalue weighted by Crippen LogP contribution is -2.50. The normalized spacial score (nSPS) is 27.3. The molecule has 14 heavy (non-hydrogen) atoms. The third-order valence-corrected chi connectivity index (χ3v) is 2.84. The van der Waals surface area contributed by atoms with Gasteiger partial charge in [0.1, 0.15) is 0 Å². The van der Waals surface area contributed by atoms with E-state index in [-0.39, 0.29) is 23.4 Å². The largest absolute Gasteiger partial charge is 0.379 e. The molecule has 1 heterocycles. The van der Waals surface area contributed by atoms with E-state index in [1.54, 1.807) is 7.05 Å². The molecule has 1 fully saturated rings. The van der Waals surface area contributed by atoms with Crippen LogP contribution in [0.25, 0.3) is 0 Å². The van der Waals surface area contributed by atoms with Crippen molar-refractivity contribution in [2.24, 2.45) is 5.41 Å². The number of hydrogen-bond acceptors (Lipinski definition) is 3. The lowest BCUT2D eigenvalue weighted by Gasteiger charge is -2.26. The summed E-state index contributed by atoms with van der Waals surface area (Å²) in [4.78, 5) is 11.6. The zero-order chi connectivity index (χ0) is 10.8. The Kier molecular flexibility index (Phi) is 3.50. The second-order valence-corrected chi connectivity index (χ2v) is 4.58. The molecule has 0 bridgehead atoms. The second kappa shape index (κ2) is 4.28. The monoisotopic (exact) mass is 200 g/mol. The molecule has 0 aliphatic carbocycles. The Morgan fingerprint density at radius 1 is 1.57 bits per heavy atom. The number of hydrogen-bond donors (Lipinski definition) is 2. The van der Waals surface area contributed by atoms with Gasteiger partial charge in [-0.15, -0.1) is 0 Å². The van der Waals surface area contributed by atoms with E-state index in [0.29, 0.717) is 13.2 Å². The maximum atomic E-state index is 11.6. The van der Waals surface area contributed by atoms with Crippen molar-refractivity contribution in [1.29, 1.82) is 0 Å². The molecular weight excluding hydrogens is 180 g/mol. The summed E-state index contributed by atoms with van der Waals surface area (Å²) in [7, 11) is 1.78. The minimum atomic E-state index is -0.147. The summed E-state index contributed by atoms with van der Waals surface area (Å²) in [6.45, 7) is 7.39. The molecule has 0 radical (unpaired) electrons. The van der Waals surface area contributed by atoms with Crippen LogP contribution in [0.15, 0.2) is 0 Å². The van der Waals surface area contributed by atoms with E-state index in [1.165, 1.54) is 0 Å². The average Bonchev–Trinajstić information content (AvgIpc) is 2.44. The van der Waals surface area contributed by atoms with Crippen LogP contribution in [0.3, 0.4) is 0 Å². The highest BCUT2D eigenvalue weighted by molar-refractivity contribution is 5.81. The van der Waals surface area contributed by atoms with Crippen LogP contribution in [0.5, 0.6) is 0 Å². The standard InChI is InChI=1S/C10H20N2O2/c1-7(11-4)9(13)12-8-5-14-6-10(8,2)3/h7-8,11H,5-6H2,1-4H3,(H,12,13). The van der Waals surface area contributed by atoms with E-state index in [9.17, 15) is 4.79 Å². The fourth-order valence-corrected chi connectivity index (χ4v) is 1.43. The topological polar surface area (TPSA) is 50.4 Å². The highest BCUT2D eigenvalue weighted by Gasteiger charge is 2.37. The highest BCUT2D eigenvalue weighted by Crippen LogP contribution is 2.27. The quantitative estimate of drug-likeness (QED) is 0.681. The Labute approximate surface area is 85.4 Å². The van der Waals surface area contributed by atoms with Gasteiger partial charge in [0, 0.05) is 5.41 Å². The van der Waals surface area contributed by atoms with Crippen molar-refractivity contribution in [3.63, 3.8) is 0 Å². The summed E-state index contributed by atoms with van der Waals surface area (Å²) in [5.41, 5.74) is 0.0448. The van der Waals surface area contributed by atoms with Gasteiger partial charge < -0.3 is 15.4 Å².